The standard InChI is InChI=1S/C22H27BrN2O4S/c1-2-7-21(16-8-4-3-5-9-16)25-22(26)19-14-18(11-12-20(19)23)30(27,28)24-15-17-10-6-13-29-17/h3-5,8-9,11-12,14,17,21,24H,2,6-7,10,13,15H2,1H3,(H,25,26). The molecule has 0 aliphatic carbocycles. The third-order valence-electron chi connectivity index (χ3n) is 5.10. The number of rotatable bonds is 9. The summed E-state index contributed by atoms with van der Waals surface area (Å²) in [6.07, 6.45) is 3.37. The van der Waals surface area contributed by atoms with Crippen LogP contribution in [0.1, 0.15) is 54.6 Å². The summed E-state index contributed by atoms with van der Waals surface area (Å²) < 4.78 is 34.0. The van der Waals surface area contributed by atoms with Gasteiger partial charge in [0.1, 0.15) is 0 Å². The topological polar surface area (TPSA) is 84.5 Å². The van der Waals surface area contributed by atoms with Crippen LogP contribution >= 0.6 is 15.9 Å². The van der Waals surface area contributed by atoms with Gasteiger partial charge in [-0.1, -0.05) is 43.7 Å². The van der Waals surface area contributed by atoms with Gasteiger partial charge in [-0.05, 0) is 59.0 Å². The fraction of sp³-hybridized carbons (Fsp3) is 0.409. The monoisotopic (exact) mass is 494 g/mol. The van der Waals surface area contributed by atoms with Crippen LogP contribution in [0.2, 0.25) is 0 Å². The number of hydrogen-bond acceptors (Lipinski definition) is 4. The van der Waals surface area contributed by atoms with Crippen LogP contribution in [0.15, 0.2) is 57.9 Å². The first-order valence-corrected chi connectivity index (χ1v) is 12.4. The molecule has 1 saturated heterocycles. The summed E-state index contributed by atoms with van der Waals surface area (Å²) >= 11 is 3.38. The van der Waals surface area contributed by atoms with Crippen molar-refractivity contribution in [3.63, 3.8) is 0 Å². The van der Waals surface area contributed by atoms with Crippen LogP contribution in [-0.4, -0.2) is 33.6 Å². The fourth-order valence-corrected chi connectivity index (χ4v) is 4.99. The molecule has 6 nitrogen and oxygen atoms in total. The molecule has 1 aliphatic rings. The lowest BCUT2D eigenvalue weighted by atomic mass is 10.0. The predicted octanol–water partition coefficient (Wildman–Crippen LogP) is 4.18. The van der Waals surface area contributed by atoms with E-state index in [-0.39, 0.29) is 35.1 Å². The molecular formula is C22H27BrN2O4S. The number of carbonyl (C=O) groups excluding carboxylic acids is 1. The Balaban J connectivity index is 1.77. The van der Waals surface area contributed by atoms with E-state index < -0.39 is 10.0 Å². The third kappa shape index (κ3) is 5.91. The van der Waals surface area contributed by atoms with E-state index in [2.05, 4.69) is 32.9 Å². The highest BCUT2D eigenvalue weighted by Gasteiger charge is 2.23. The average Bonchev–Trinajstić information content (AvgIpc) is 3.26. The molecule has 1 heterocycles. The molecule has 3 rings (SSSR count). The van der Waals surface area contributed by atoms with E-state index in [1.165, 1.54) is 12.1 Å². The Hall–Kier alpha value is -1.74. The van der Waals surface area contributed by atoms with Gasteiger partial charge >= 0.3 is 0 Å². The summed E-state index contributed by atoms with van der Waals surface area (Å²) in [4.78, 5) is 13.1. The van der Waals surface area contributed by atoms with E-state index in [1.807, 2.05) is 30.3 Å². The molecule has 30 heavy (non-hydrogen) atoms. The van der Waals surface area contributed by atoms with Crippen molar-refractivity contribution in [1.29, 1.82) is 0 Å². The van der Waals surface area contributed by atoms with Gasteiger partial charge in [-0.3, -0.25) is 4.79 Å². The van der Waals surface area contributed by atoms with E-state index in [0.717, 1.165) is 31.2 Å². The maximum Gasteiger partial charge on any atom is 0.252 e. The molecule has 1 fully saturated rings. The Morgan fingerprint density at radius 1 is 1.23 bits per heavy atom. The third-order valence-corrected chi connectivity index (χ3v) is 7.22. The first-order chi connectivity index (χ1) is 14.4. The Bertz CT molecular complexity index is 960. The minimum Gasteiger partial charge on any atom is -0.377 e. The molecule has 0 spiro atoms. The fourth-order valence-electron chi connectivity index (χ4n) is 3.47. The van der Waals surface area contributed by atoms with Crippen molar-refractivity contribution in [3.8, 4) is 0 Å². The van der Waals surface area contributed by atoms with Gasteiger partial charge in [0.05, 0.1) is 22.6 Å². The van der Waals surface area contributed by atoms with Crippen LogP contribution in [0.4, 0.5) is 0 Å². The van der Waals surface area contributed by atoms with Crippen LogP contribution in [0.5, 0.6) is 0 Å². The highest BCUT2D eigenvalue weighted by atomic mass is 79.9. The number of carbonyl (C=O) groups is 1. The molecule has 1 aliphatic heterocycles. The summed E-state index contributed by atoms with van der Waals surface area (Å²) in [6.45, 7) is 2.95. The van der Waals surface area contributed by atoms with Gasteiger partial charge in [-0.25, -0.2) is 13.1 Å². The zero-order chi connectivity index (χ0) is 21.6. The van der Waals surface area contributed by atoms with Crippen LogP contribution in [0, 0.1) is 0 Å². The minimum absolute atomic E-state index is 0.0561. The van der Waals surface area contributed by atoms with Gasteiger partial charge in [0.15, 0.2) is 0 Å². The van der Waals surface area contributed by atoms with E-state index in [4.69, 9.17) is 4.74 Å². The maximum atomic E-state index is 13.0. The van der Waals surface area contributed by atoms with Crippen LogP contribution in [-0.2, 0) is 14.8 Å². The summed E-state index contributed by atoms with van der Waals surface area (Å²) in [5, 5.41) is 3.04. The molecular weight excluding hydrogens is 468 g/mol. The molecule has 2 atom stereocenters. The van der Waals surface area contributed by atoms with E-state index in [0.29, 0.717) is 11.1 Å². The van der Waals surface area contributed by atoms with Gasteiger partial charge in [0.25, 0.3) is 5.91 Å². The average molecular weight is 495 g/mol. The summed E-state index contributed by atoms with van der Waals surface area (Å²) in [5.74, 6) is -0.319. The predicted molar refractivity (Wildman–Crippen MR) is 120 cm³/mol. The molecule has 8 heteroatoms. The molecule has 0 aromatic heterocycles. The molecule has 0 bridgehead atoms. The van der Waals surface area contributed by atoms with Gasteiger partial charge < -0.3 is 10.1 Å². The molecule has 0 saturated carbocycles. The molecule has 1 amide bonds. The van der Waals surface area contributed by atoms with Crippen molar-refractivity contribution in [3.05, 3.63) is 64.1 Å². The molecule has 2 aromatic rings. The van der Waals surface area contributed by atoms with Crippen molar-refractivity contribution in [2.75, 3.05) is 13.2 Å². The Kier molecular flexibility index (Phi) is 8.05. The second kappa shape index (κ2) is 10.5. The number of ether oxygens (including phenoxy) is 1. The summed E-state index contributed by atoms with van der Waals surface area (Å²) in [7, 11) is -3.74. The number of sulfonamides is 1. The van der Waals surface area contributed by atoms with Crippen LogP contribution in [0.3, 0.4) is 0 Å². The quantitative estimate of drug-likeness (QED) is 0.547. The van der Waals surface area contributed by atoms with Crippen LogP contribution in [0.25, 0.3) is 0 Å². The first kappa shape index (κ1) is 22.9. The molecule has 162 valence electrons. The van der Waals surface area contributed by atoms with E-state index in [9.17, 15) is 13.2 Å². The Morgan fingerprint density at radius 2 is 2.00 bits per heavy atom. The van der Waals surface area contributed by atoms with E-state index >= 15 is 0 Å². The normalized spacial score (nSPS) is 17.6. The number of hydrogen-bond donors (Lipinski definition) is 2. The van der Waals surface area contributed by atoms with Crippen molar-refractivity contribution in [2.45, 2.75) is 49.6 Å². The molecule has 2 N–H and O–H groups in total. The second-order valence-corrected chi connectivity index (χ2v) is 9.98. The first-order valence-electron chi connectivity index (χ1n) is 10.2. The van der Waals surface area contributed by atoms with Crippen LogP contribution < -0.4 is 10.0 Å². The smallest absolute Gasteiger partial charge is 0.252 e. The van der Waals surface area contributed by atoms with E-state index in [1.54, 1.807) is 6.07 Å². The Labute approximate surface area is 186 Å². The lowest BCUT2D eigenvalue weighted by Gasteiger charge is -2.19. The SMILES string of the molecule is CCCC(NC(=O)c1cc(S(=O)(=O)NCC2CCCO2)ccc1Br)c1ccccc1. The van der Waals surface area contributed by atoms with Gasteiger partial charge in [0.2, 0.25) is 10.0 Å². The lowest BCUT2D eigenvalue weighted by Crippen LogP contribution is -2.32. The number of amides is 1. The van der Waals surface area contributed by atoms with Gasteiger partial charge in [0, 0.05) is 17.6 Å². The highest BCUT2D eigenvalue weighted by molar-refractivity contribution is 9.10. The number of halogens is 1. The number of nitrogens with one attached hydrogen (secondary N) is 2. The lowest BCUT2D eigenvalue weighted by molar-refractivity contribution is 0.0933. The van der Waals surface area contributed by atoms with Crippen molar-refractivity contribution < 1.29 is 17.9 Å². The zero-order valence-corrected chi connectivity index (χ0v) is 19.3. The van der Waals surface area contributed by atoms with Crippen molar-refractivity contribution in [2.24, 2.45) is 0 Å². The highest BCUT2D eigenvalue weighted by Crippen LogP contribution is 2.24. The van der Waals surface area contributed by atoms with Gasteiger partial charge in [-0.2, -0.15) is 0 Å². The summed E-state index contributed by atoms with van der Waals surface area (Å²) in [5.41, 5.74) is 1.30. The Morgan fingerprint density at radius 3 is 2.67 bits per heavy atom. The number of benzene rings is 2. The van der Waals surface area contributed by atoms with Crippen molar-refractivity contribution in [1.82, 2.24) is 10.0 Å². The zero-order valence-electron chi connectivity index (χ0n) is 16.9. The molecule has 2 aromatic carbocycles. The largest absolute Gasteiger partial charge is 0.377 e. The summed E-state index contributed by atoms with van der Waals surface area (Å²) in [6, 6.07) is 14.1. The molecule has 0 radical (unpaired) electrons. The van der Waals surface area contributed by atoms with Crippen molar-refractivity contribution >= 4 is 31.9 Å². The van der Waals surface area contributed by atoms with Gasteiger partial charge in [-0.15, -0.1) is 0 Å². The minimum atomic E-state index is -3.74. The maximum absolute atomic E-state index is 13.0. The second-order valence-electron chi connectivity index (χ2n) is 7.35. The molecule has 2 unspecified atom stereocenters.